The molecule has 2 aromatic heterocycles. The van der Waals surface area contributed by atoms with Crippen LogP contribution in [0.2, 0.25) is 0 Å². The van der Waals surface area contributed by atoms with Gasteiger partial charge in [-0.3, -0.25) is 0 Å². The fourth-order valence-electron chi connectivity index (χ4n) is 4.55. The van der Waals surface area contributed by atoms with Gasteiger partial charge in [-0.25, -0.2) is 4.98 Å². The Balaban J connectivity index is 0.000000378. The van der Waals surface area contributed by atoms with Gasteiger partial charge in [-0.1, -0.05) is 81.9 Å². The van der Waals surface area contributed by atoms with E-state index in [2.05, 4.69) is 96.0 Å². The molecule has 0 amide bonds. The van der Waals surface area contributed by atoms with Crippen molar-refractivity contribution in [3.8, 4) is 11.3 Å². The lowest BCUT2D eigenvalue weighted by atomic mass is 10.1. The molecule has 0 aliphatic heterocycles. The summed E-state index contributed by atoms with van der Waals surface area (Å²) in [6.07, 6.45) is 10.6. The summed E-state index contributed by atoms with van der Waals surface area (Å²) in [5, 5.41) is 8.82. The van der Waals surface area contributed by atoms with Crippen LogP contribution in [0.5, 0.6) is 0 Å². The summed E-state index contributed by atoms with van der Waals surface area (Å²) >= 11 is 0. The first-order chi connectivity index (χ1) is 19.0. The van der Waals surface area contributed by atoms with Crippen molar-refractivity contribution < 1.29 is 4.79 Å². The number of para-hydroxylation sites is 1. The Morgan fingerprint density at radius 2 is 1.62 bits per heavy atom. The molecule has 0 fully saturated rings. The molecule has 2 heterocycles. The van der Waals surface area contributed by atoms with Gasteiger partial charge in [-0.05, 0) is 67.1 Å². The molecule has 0 spiro atoms. The van der Waals surface area contributed by atoms with Crippen molar-refractivity contribution in [1.29, 1.82) is 0 Å². The molecule has 39 heavy (non-hydrogen) atoms. The summed E-state index contributed by atoms with van der Waals surface area (Å²) < 4.78 is 0. The monoisotopic (exact) mass is 546 g/mol. The number of carbonyl (C=O) groups excluding carboxylic acids is 1. The third-order valence-electron chi connectivity index (χ3n) is 6.64. The Kier molecular flexibility index (Phi) is 14.3. The summed E-state index contributed by atoms with van der Waals surface area (Å²) in [6.45, 7) is 9.46. The van der Waals surface area contributed by atoms with Crippen LogP contribution in [0.25, 0.3) is 22.3 Å². The van der Waals surface area contributed by atoms with Crippen LogP contribution in [0.1, 0.15) is 57.6 Å². The van der Waals surface area contributed by atoms with Crippen LogP contribution < -0.4 is 10.6 Å². The minimum atomic E-state index is 0.397. The van der Waals surface area contributed by atoms with Crippen LogP contribution in [-0.4, -0.2) is 41.2 Å². The number of H-pyrrole nitrogens is 1. The zero-order valence-electron chi connectivity index (χ0n) is 24.3. The molecule has 0 aliphatic carbocycles. The van der Waals surface area contributed by atoms with Gasteiger partial charge in [0.1, 0.15) is 12.4 Å². The molecule has 1 atom stereocenters. The van der Waals surface area contributed by atoms with Crippen molar-refractivity contribution in [2.45, 2.75) is 64.7 Å². The van der Waals surface area contributed by atoms with Gasteiger partial charge in [0.25, 0.3) is 0 Å². The lowest BCUT2D eigenvalue weighted by Crippen LogP contribution is -2.08. The largest absolute Gasteiger partial charge is 0.354 e. The number of aromatic nitrogens is 2. The van der Waals surface area contributed by atoms with Crippen molar-refractivity contribution in [3.05, 3.63) is 78.0 Å². The highest BCUT2D eigenvalue weighted by molar-refractivity contribution is 8.14. The summed E-state index contributed by atoms with van der Waals surface area (Å²) in [5.41, 5.74) is 7.81. The number of carbonyl (C=O) groups is 1. The van der Waals surface area contributed by atoms with Crippen LogP contribution in [-0.2, 0) is 17.8 Å². The van der Waals surface area contributed by atoms with Crippen LogP contribution in [0.3, 0.4) is 0 Å². The van der Waals surface area contributed by atoms with E-state index in [1.807, 2.05) is 38.2 Å². The molecular formula is C33H46N4OS. The molecular weight excluding hydrogens is 500 g/mol. The van der Waals surface area contributed by atoms with Gasteiger partial charge in [0.15, 0.2) is 0 Å². The van der Waals surface area contributed by atoms with Crippen LogP contribution >= 0.6 is 10.5 Å². The highest BCUT2D eigenvalue weighted by atomic mass is 32.2. The maximum absolute atomic E-state index is 8.00. The lowest BCUT2D eigenvalue weighted by molar-refractivity contribution is -0.0979. The molecule has 210 valence electrons. The SMILES string of the molecule is C=O.C=S(C)C(CCC)CCC.CCc1ccc(-c2cc3c(CNC)c(Nc4ccccc4)cnc3[nH]2)cc1. The number of benzene rings is 2. The molecule has 4 rings (SSSR count). The first-order valence-corrected chi connectivity index (χ1v) is 15.7. The number of hydrogen-bond donors (Lipinski definition) is 3. The summed E-state index contributed by atoms with van der Waals surface area (Å²) in [7, 11) is 2.36. The first kappa shape index (κ1) is 32.0. The summed E-state index contributed by atoms with van der Waals surface area (Å²) in [4.78, 5) is 16.1. The summed E-state index contributed by atoms with van der Waals surface area (Å²) in [6, 6.07) is 21.1. The molecule has 0 saturated carbocycles. The van der Waals surface area contributed by atoms with E-state index >= 15 is 0 Å². The van der Waals surface area contributed by atoms with Crippen molar-refractivity contribution in [2.75, 3.05) is 18.6 Å². The number of rotatable bonds is 11. The predicted octanol–water partition coefficient (Wildman–Crippen LogP) is 8.36. The van der Waals surface area contributed by atoms with E-state index in [-0.39, 0.29) is 0 Å². The highest BCUT2D eigenvalue weighted by Gasteiger charge is 2.13. The van der Waals surface area contributed by atoms with Gasteiger partial charge in [0.2, 0.25) is 0 Å². The number of anilines is 2. The lowest BCUT2D eigenvalue weighted by Gasteiger charge is -2.15. The standard InChI is InChI=1S/C23H24N4.C9H20S.CH2O/c1-3-16-9-11-17(12-10-16)21-13-19-20(14-24-2)22(15-25-23(19)27-21)26-18-7-5-4-6-8-18;1-5-7-9(8-6-2)10(3)4;1-2/h4-13,15,24,26H,3,14H2,1-2H3,(H,25,27);9H,3,5-8H2,1-2,4H3;1H2. The quantitative estimate of drug-likeness (QED) is 0.165. The fraction of sp³-hybridized carbons (Fsp3) is 0.364. The highest BCUT2D eigenvalue weighted by Crippen LogP contribution is 2.31. The Hall–Kier alpha value is -3.22. The second-order valence-electron chi connectivity index (χ2n) is 9.56. The normalized spacial score (nSPS) is 11.3. The second kappa shape index (κ2) is 17.4. The maximum atomic E-state index is 8.00. The molecule has 0 saturated heterocycles. The van der Waals surface area contributed by atoms with E-state index in [0.29, 0.717) is 10.5 Å². The van der Waals surface area contributed by atoms with Gasteiger partial charge in [-0.15, -0.1) is 0 Å². The number of nitrogens with zero attached hydrogens (tertiary/aromatic N) is 1. The van der Waals surface area contributed by atoms with Gasteiger partial charge in [-0.2, -0.15) is 10.5 Å². The zero-order valence-corrected chi connectivity index (χ0v) is 25.2. The zero-order chi connectivity index (χ0) is 28.6. The number of pyridine rings is 1. The smallest absolute Gasteiger partial charge is 0.138 e. The number of nitrogens with one attached hydrogen (secondary N) is 3. The number of aryl methyl sites for hydroxylation is 1. The van der Waals surface area contributed by atoms with Crippen LogP contribution in [0.4, 0.5) is 11.4 Å². The third kappa shape index (κ3) is 9.48. The van der Waals surface area contributed by atoms with E-state index in [0.717, 1.165) is 46.3 Å². The molecule has 3 N–H and O–H groups in total. The Morgan fingerprint density at radius 3 is 2.15 bits per heavy atom. The molecule has 0 radical (unpaired) electrons. The van der Waals surface area contributed by atoms with Crippen molar-refractivity contribution in [1.82, 2.24) is 15.3 Å². The van der Waals surface area contributed by atoms with Crippen molar-refractivity contribution >= 4 is 45.6 Å². The topological polar surface area (TPSA) is 69.8 Å². The number of hydrogen-bond acceptors (Lipinski definition) is 4. The first-order valence-electron chi connectivity index (χ1n) is 13.8. The molecule has 4 aromatic rings. The van der Waals surface area contributed by atoms with E-state index in [9.17, 15) is 0 Å². The average molecular weight is 547 g/mol. The minimum Gasteiger partial charge on any atom is -0.354 e. The molecule has 2 aromatic carbocycles. The predicted molar refractivity (Wildman–Crippen MR) is 175 cm³/mol. The van der Waals surface area contributed by atoms with Crippen LogP contribution in [0, 0.1) is 0 Å². The molecule has 0 bridgehead atoms. The van der Waals surface area contributed by atoms with Gasteiger partial charge in [0.05, 0.1) is 11.9 Å². The Bertz CT molecular complexity index is 1260. The van der Waals surface area contributed by atoms with Crippen LogP contribution in [0.15, 0.2) is 66.9 Å². The average Bonchev–Trinajstić information content (AvgIpc) is 3.41. The van der Waals surface area contributed by atoms with E-state index < -0.39 is 0 Å². The van der Waals surface area contributed by atoms with E-state index in [4.69, 9.17) is 4.79 Å². The molecule has 0 aliphatic rings. The minimum absolute atomic E-state index is 0.397. The summed E-state index contributed by atoms with van der Waals surface area (Å²) in [5.74, 6) is 4.10. The molecule has 1 unspecified atom stereocenters. The molecule has 6 heteroatoms. The Labute approximate surface area is 237 Å². The van der Waals surface area contributed by atoms with Gasteiger partial charge in [0, 0.05) is 28.9 Å². The van der Waals surface area contributed by atoms with E-state index in [1.165, 1.54) is 42.4 Å². The number of aromatic amines is 1. The fourth-order valence-corrected chi connectivity index (χ4v) is 5.82. The maximum Gasteiger partial charge on any atom is 0.138 e. The Morgan fingerprint density at radius 1 is 0.974 bits per heavy atom. The van der Waals surface area contributed by atoms with Crippen molar-refractivity contribution in [2.24, 2.45) is 0 Å². The number of fused-ring (bicyclic) bond motifs is 1. The third-order valence-corrected chi connectivity index (χ3v) is 8.25. The van der Waals surface area contributed by atoms with Crippen molar-refractivity contribution in [3.63, 3.8) is 0 Å². The van der Waals surface area contributed by atoms with Gasteiger partial charge < -0.3 is 20.4 Å². The van der Waals surface area contributed by atoms with Gasteiger partial charge >= 0.3 is 0 Å². The molecule has 5 nitrogen and oxygen atoms in total. The second-order valence-corrected chi connectivity index (χ2v) is 11.6. The van der Waals surface area contributed by atoms with E-state index in [1.54, 1.807) is 0 Å².